The lowest BCUT2D eigenvalue weighted by Crippen LogP contribution is -2.37. The minimum Gasteiger partial charge on any atom is -0.495 e. The maximum Gasteiger partial charge on any atom is 0.251 e. The summed E-state index contributed by atoms with van der Waals surface area (Å²) in [4.78, 5) is 25.8. The third kappa shape index (κ3) is 4.13. The minimum atomic E-state index is -0.142. The van der Waals surface area contributed by atoms with Gasteiger partial charge in [0.25, 0.3) is 5.91 Å². The standard InChI is InChI=1S/C19H22N2O3/c1-14-8-4-5-9-16(14)19(23)20-12-13-21(15(2)22)17-10-6-7-11-18(17)24-3/h4-11H,12-13H2,1-3H3,(H,20,23). The number of methoxy groups -OCH3 is 1. The summed E-state index contributed by atoms with van der Waals surface area (Å²) >= 11 is 0. The van der Waals surface area contributed by atoms with Gasteiger partial charge >= 0.3 is 0 Å². The maximum atomic E-state index is 12.2. The summed E-state index contributed by atoms with van der Waals surface area (Å²) in [6.07, 6.45) is 0. The molecule has 0 atom stereocenters. The summed E-state index contributed by atoms with van der Waals surface area (Å²) in [5.41, 5.74) is 2.25. The Labute approximate surface area is 142 Å². The van der Waals surface area contributed by atoms with Crippen LogP contribution in [-0.2, 0) is 4.79 Å². The van der Waals surface area contributed by atoms with Gasteiger partial charge in [0.1, 0.15) is 5.75 Å². The molecule has 0 spiro atoms. The molecular formula is C19H22N2O3. The predicted molar refractivity (Wildman–Crippen MR) is 94.5 cm³/mol. The number of carbonyl (C=O) groups excluding carboxylic acids is 2. The van der Waals surface area contributed by atoms with Crippen molar-refractivity contribution in [1.82, 2.24) is 5.32 Å². The molecule has 0 saturated carbocycles. The molecule has 5 nitrogen and oxygen atoms in total. The molecule has 126 valence electrons. The van der Waals surface area contributed by atoms with Gasteiger partial charge in [0.05, 0.1) is 12.8 Å². The van der Waals surface area contributed by atoms with Gasteiger partial charge in [-0.05, 0) is 30.7 Å². The Morgan fingerprint density at radius 1 is 1.08 bits per heavy atom. The second-order valence-corrected chi connectivity index (χ2v) is 5.41. The van der Waals surface area contributed by atoms with Crippen LogP contribution < -0.4 is 15.0 Å². The smallest absolute Gasteiger partial charge is 0.251 e. The largest absolute Gasteiger partial charge is 0.495 e. The molecule has 0 bridgehead atoms. The van der Waals surface area contributed by atoms with Crippen LogP contribution in [0.4, 0.5) is 5.69 Å². The van der Waals surface area contributed by atoms with Crippen LogP contribution >= 0.6 is 0 Å². The van der Waals surface area contributed by atoms with Crippen molar-refractivity contribution >= 4 is 17.5 Å². The highest BCUT2D eigenvalue weighted by molar-refractivity contribution is 5.96. The highest BCUT2D eigenvalue weighted by Gasteiger charge is 2.16. The fourth-order valence-corrected chi connectivity index (χ4v) is 2.50. The SMILES string of the molecule is COc1ccccc1N(CCNC(=O)c1ccccc1C)C(C)=O. The zero-order valence-electron chi connectivity index (χ0n) is 14.2. The number of aryl methyl sites for hydroxylation is 1. The van der Waals surface area contributed by atoms with Gasteiger partial charge in [0, 0.05) is 25.6 Å². The molecule has 2 aromatic carbocycles. The molecule has 2 rings (SSSR count). The monoisotopic (exact) mass is 326 g/mol. The molecule has 0 saturated heterocycles. The highest BCUT2D eigenvalue weighted by atomic mass is 16.5. The van der Waals surface area contributed by atoms with Gasteiger partial charge in [-0.3, -0.25) is 9.59 Å². The summed E-state index contributed by atoms with van der Waals surface area (Å²) in [6.45, 7) is 4.11. The Morgan fingerprint density at radius 3 is 2.42 bits per heavy atom. The summed E-state index contributed by atoms with van der Waals surface area (Å²) in [5, 5.41) is 2.86. The number of hydrogen-bond donors (Lipinski definition) is 1. The van der Waals surface area contributed by atoms with Crippen molar-refractivity contribution in [2.45, 2.75) is 13.8 Å². The fourth-order valence-electron chi connectivity index (χ4n) is 2.50. The number of nitrogens with one attached hydrogen (secondary N) is 1. The van der Waals surface area contributed by atoms with E-state index in [1.165, 1.54) is 6.92 Å². The van der Waals surface area contributed by atoms with E-state index in [0.717, 1.165) is 5.56 Å². The van der Waals surface area contributed by atoms with Crippen LogP contribution in [0.25, 0.3) is 0 Å². The molecular weight excluding hydrogens is 304 g/mol. The summed E-state index contributed by atoms with van der Waals surface area (Å²) < 4.78 is 5.31. The topological polar surface area (TPSA) is 58.6 Å². The first-order valence-electron chi connectivity index (χ1n) is 7.79. The van der Waals surface area contributed by atoms with E-state index in [-0.39, 0.29) is 11.8 Å². The summed E-state index contributed by atoms with van der Waals surface area (Å²) in [5.74, 6) is 0.374. The van der Waals surface area contributed by atoms with Crippen molar-refractivity contribution in [2.24, 2.45) is 0 Å². The Bertz CT molecular complexity index is 728. The van der Waals surface area contributed by atoms with Crippen molar-refractivity contribution in [2.75, 3.05) is 25.1 Å². The lowest BCUT2D eigenvalue weighted by molar-refractivity contribution is -0.116. The Balaban J connectivity index is 2.04. The molecule has 0 radical (unpaired) electrons. The highest BCUT2D eigenvalue weighted by Crippen LogP contribution is 2.27. The summed E-state index contributed by atoms with van der Waals surface area (Å²) in [6, 6.07) is 14.7. The van der Waals surface area contributed by atoms with Gasteiger partial charge in [0.15, 0.2) is 0 Å². The number of anilines is 1. The van der Waals surface area contributed by atoms with Gasteiger partial charge in [-0.2, -0.15) is 0 Å². The average molecular weight is 326 g/mol. The Morgan fingerprint density at radius 2 is 1.75 bits per heavy atom. The van der Waals surface area contributed by atoms with Gasteiger partial charge in [-0.25, -0.2) is 0 Å². The van der Waals surface area contributed by atoms with Crippen LogP contribution in [-0.4, -0.2) is 32.0 Å². The number of amides is 2. The molecule has 24 heavy (non-hydrogen) atoms. The van der Waals surface area contributed by atoms with E-state index in [9.17, 15) is 9.59 Å². The molecule has 0 fully saturated rings. The molecule has 5 heteroatoms. The second kappa shape index (κ2) is 8.15. The van der Waals surface area contributed by atoms with E-state index in [1.807, 2.05) is 43.3 Å². The predicted octanol–water partition coefficient (Wildman–Crippen LogP) is 2.79. The molecule has 0 aliphatic carbocycles. The first-order chi connectivity index (χ1) is 11.5. The van der Waals surface area contributed by atoms with E-state index in [4.69, 9.17) is 4.74 Å². The number of para-hydroxylation sites is 2. The van der Waals surface area contributed by atoms with Gasteiger partial charge in [-0.15, -0.1) is 0 Å². The van der Waals surface area contributed by atoms with Crippen LogP contribution in [0.1, 0.15) is 22.8 Å². The van der Waals surface area contributed by atoms with E-state index in [0.29, 0.717) is 30.1 Å². The molecule has 2 amide bonds. The first-order valence-corrected chi connectivity index (χ1v) is 7.79. The summed E-state index contributed by atoms with van der Waals surface area (Å²) in [7, 11) is 1.57. The van der Waals surface area contributed by atoms with Crippen LogP contribution in [0, 0.1) is 6.92 Å². The lowest BCUT2D eigenvalue weighted by atomic mass is 10.1. The van der Waals surface area contributed by atoms with Gasteiger partial charge in [-0.1, -0.05) is 30.3 Å². The van der Waals surface area contributed by atoms with Crippen molar-refractivity contribution in [3.05, 3.63) is 59.7 Å². The molecule has 2 aromatic rings. The van der Waals surface area contributed by atoms with E-state index >= 15 is 0 Å². The van der Waals surface area contributed by atoms with Crippen LogP contribution in [0.5, 0.6) is 5.75 Å². The van der Waals surface area contributed by atoms with Crippen LogP contribution in [0.3, 0.4) is 0 Å². The molecule has 0 heterocycles. The fraction of sp³-hybridized carbons (Fsp3) is 0.263. The number of benzene rings is 2. The minimum absolute atomic E-state index is 0.107. The van der Waals surface area contributed by atoms with Crippen molar-refractivity contribution in [1.29, 1.82) is 0 Å². The van der Waals surface area contributed by atoms with Crippen LogP contribution in [0.2, 0.25) is 0 Å². The molecule has 0 aliphatic heterocycles. The van der Waals surface area contributed by atoms with Gasteiger partial charge < -0.3 is 15.0 Å². The van der Waals surface area contributed by atoms with E-state index in [1.54, 1.807) is 24.1 Å². The van der Waals surface area contributed by atoms with Crippen molar-refractivity contribution in [3.8, 4) is 5.75 Å². The number of hydrogen-bond acceptors (Lipinski definition) is 3. The van der Waals surface area contributed by atoms with Gasteiger partial charge in [0.2, 0.25) is 5.91 Å². The third-order valence-electron chi connectivity index (χ3n) is 3.77. The Kier molecular flexibility index (Phi) is 5.95. The molecule has 0 aliphatic rings. The third-order valence-corrected chi connectivity index (χ3v) is 3.77. The maximum absolute atomic E-state index is 12.2. The van der Waals surface area contributed by atoms with E-state index in [2.05, 4.69) is 5.32 Å². The Hall–Kier alpha value is -2.82. The average Bonchev–Trinajstić information content (AvgIpc) is 2.58. The lowest BCUT2D eigenvalue weighted by Gasteiger charge is -2.23. The quantitative estimate of drug-likeness (QED) is 0.888. The van der Waals surface area contributed by atoms with Crippen molar-refractivity contribution < 1.29 is 14.3 Å². The second-order valence-electron chi connectivity index (χ2n) is 5.41. The zero-order chi connectivity index (χ0) is 17.5. The molecule has 0 aromatic heterocycles. The van der Waals surface area contributed by atoms with Crippen LogP contribution in [0.15, 0.2) is 48.5 Å². The number of ether oxygens (including phenoxy) is 1. The normalized spacial score (nSPS) is 10.1. The zero-order valence-corrected chi connectivity index (χ0v) is 14.2. The molecule has 0 unspecified atom stereocenters. The number of rotatable bonds is 6. The van der Waals surface area contributed by atoms with E-state index < -0.39 is 0 Å². The number of carbonyl (C=O) groups is 2. The molecule has 1 N–H and O–H groups in total. The first kappa shape index (κ1) is 17.5. The number of nitrogens with zero attached hydrogens (tertiary/aromatic N) is 1. The van der Waals surface area contributed by atoms with Crippen molar-refractivity contribution in [3.63, 3.8) is 0 Å².